The van der Waals surface area contributed by atoms with E-state index in [-0.39, 0.29) is 11.6 Å². The van der Waals surface area contributed by atoms with E-state index in [2.05, 4.69) is 5.32 Å². The Bertz CT molecular complexity index is 572. The Balaban J connectivity index is 3.01. The summed E-state index contributed by atoms with van der Waals surface area (Å²) in [4.78, 5) is 0.605. The van der Waals surface area contributed by atoms with Crippen LogP contribution in [0.15, 0.2) is 0 Å². The first-order chi connectivity index (χ1) is 7.49. The zero-order valence-corrected chi connectivity index (χ0v) is 10.5. The highest BCUT2D eigenvalue weighted by Gasteiger charge is 2.19. The summed E-state index contributed by atoms with van der Waals surface area (Å²) in [6.07, 6.45) is 0. The summed E-state index contributed by atoms with van der Waals surface area (Å²) in [5, 5.41) is 3.26. The van der Waals surface area contributed by atoms with Gasteiger partial charge in [0.2, 0.25) is 0 Å². The van der Waals surface area contributed by atoms with Gasteiger partial charge >= 0.3 is 0 Å². The smallest absolute Gasteiger partial charge is 0.150 e. The van der Waals surface area contributed by atoms with Crippen LogP contribution in [0.5, 0.6) is 0 Å². The molecule has 0 radical (unpaired) electrons. The van der Waals surface area contributed by atoms with Gasteiger partial charge in [0.05, 0.1) is 5.69 Å². The summed E-state index contributed by atoms with van der Waals surface area (Å²) in [5.41, 5.74) is 1.62. The molecule has 0 atom stereocenters. The molecule has 0 aliphatic rings. The molecule has 0 spiro atoms. The number of benzene rings is 1. The van der Waals surface area contributed by atoms with Crippen LogP contribution in [0.4, 0.5) is 14.5 Å². The molecule has 2 aromatic rings. The van der Waals surface area contributed by atoms with Crippen molar-refractivity contribution >= 4 is 27.1 Å². The molecule has 16 heavy (non-hydrogen) atoms. The average Bonchev–Trinajstić information content (AvgIpc) is 2.54. The van der Waals surface area contributed by atoms with Crippen molar-refractivity contribution in [3.8, 4) is 0 Å². The Morgan fingerprint density at radius 3 is 2.19 bits per heavy atom. The topological polar surface area (TPSA) is 12.0 Å². The highest BCUT2D eigenvalue weighted by molar-refractivity contribution is 7.19. The number of rotatable bonds is 1. The Labute approximate surface area is 97.1 Å². The first kappa shape index (κ1) is 11.3. The zero-order valence-electron chi connectivity index (χ0n) is 9.66. The normalized spacial score (nSPS) is 11.1. The number of aryl methyl sites for hydroxylation is 3. The molecule has 1 aromatic carbocycles. The summed E-state index contributed by atoms with van der Waals surface area (Å²) in [5.74, 6) is -0.647. The van der Waals surface area contributed by atoms with Crippen LogP contribution in [0.3, 0.4) is 0 Å². The van der Waals surface area contributed by atoms with Crippen molar-refractivity contribution in [2.24, 2.45) is 0 Å². The van der Waals surface area contributed by atoms with E-state index in [9.17, 15) is 8.78 Å². The molecular weight excluding hydrogens is 228 g/mol. The number of fused-ring (bicyclic) bond motifs is 1. The molecule has 86 valence electrons. The van der Waals surface area contributed by atoms with E-state index in [1.165, 1.54) is 11.3 Å². The van der Waals surface area contributed by atoms with Crippen molar-refractivity contribution in [3.63, 3.8) is 0 Å². The number of hydrogen-bond donors (Lipinski definition) is 1. The fraction of sp³-hybridized carbons (Fsp3) is 0.333. The summed E-state index contributed by atoms with van der Waals surface area (Å²) >= 11 is 1.38. The average molecular weight is 241 g/mol. The molecule has 0 bridgehead atoms. The largest absolute Gasteiger partial charge is 0.385 e. The quantitative estimate of drug-likeness (QED) is 0.791. The second kappa shape index (κ2) is 3.70. The van der Waals surface area contributed by atoms with Gasteiger partial charge in [-0.2, -0.15) is 0 Å². The molecule has 0 unspecified atom stereocenters. The number of anilines is 1. The van der Waals surface area contributed by atoms with Gasteiger partial charge in [0.1, 0.15) is 11.6 Å². The Morgan fingerprint density at radius 1 is 1.00 bits per heavy atom. The number of thiophene rings is 1. The minimum atomic E-state index is -0.357. The number of nitrogens with one attached hydrogen (secondary N) is 1. The van der Waals surface area contributed by atoms with Crippen LogP contribution < -0.4 is 5.32 Å². The minimum absolute atomic E-state index is 0.290. The molecule has 2 rings (SSSR count). The molecule has 0 amide bonds. The molecule has 1 heterocycles. The van der Waals surface area contributed by atoms with E-state index in [1.54, 1.807) is 20.9 Å². The molecule has 0 saturated heterocycles. The number of hydrogen-bond acceptors (Lipinski definition) is 2. The van der Waals surface area contributed by atoms with E-state index in [0.717, 1.165) is 10.3 Å². The monoisotopic (exact) mass is 241 g/mol. The van der Waals surface area contributed by atoms with E-state index >= 15 is 0 Å². The fourth-order valence-electron chi connectivity index (χ4n) is 2.00. The number of halogens is 2. The van der Waals surface area contributed by atoms with Gasteiger partial charge in [-0.05, 0) is 31.9 Å². The molecule has 0 saturated carbocycles. The summed E-state index contributed by atoms with van der Waals surface area (Å²) in [6, 6.07) is 0. The highest BCUT2D eigenvalue weighted by Crippen LogP contribution is 2.39. The third-order valence-electron chi connectivity index (χ3n) is 2.90. The second-order valence-corrected chi connectivity index (χ2v) is 5.09. The molecule has 0 fully saturated rings. The van der Waals surface area contributed by atoms with Crippen molar-refractivity contribution in [2.75, 3.05) is 12.4 Å². The van der Waals surface area contributed by atoms with Crippen LogP contribution in [-0.2, 0) is 0 Å². The van der Waals surface area contributed by atoms with Crippen molar-refractivity contribution in [2.45, 2.75) is 20.8 Å². The van der Waals surface area contributed by atoms with Gasteiger partial charge in [0.25, 0.3) is 0 Å². The third-order valence-corrected chi connectivity index (χ3v) is 4.10. The third kappa shape index (κ3) is 1.33. The lowest BCUT2D eigenvalue weighted by Crippen LogP contribution is -1.99. The van der Waals surface area contributed by atoms with Crippen LogP contribution in [0, 0.1) is 32.4 Å². The Kier molecular flexibility index (Phi) is 2.62. The van der Waals surface area contributed by atoms with Crippen molar-refractivity contribution in [3.05, 3.63) is 27.6 Å². The maximum atomic E-state index is 14.0. The van der Waals surface area contributed by atoms with Gasteiger partial charge < -0.3 is 5.32 Å². The van der Waals surface area contributed by atoms with Gasteiger partial charge in [0.15, 0.2) is 0 Å². The molecule has 0 aliphatic carbocycles. The van der Waals surface area contributed by atoms with Gasteiger partial charge in [-0.1, -0.05) is 0 Å². The molecule has 1 nitrogen and oxygen atoms in total. The summed E-state index contributed by atoms with van der Waals surface area (Å²) < 4.78 is 28.6. The molecule has 4 heteroatoms. The zero-order chi connectivity index (χ0) is 12.0. The molecule has 1 aromatic heterocycles. The lowest BCUT2D eigenvalue weighted by Gasteiger charge is -2.10. The van der Waals surface area contributed by atoms with Crippen molar-refractivity contribution in [1.29, 1.82) is 0 Å². The van der Waals surface area contributed by atoms with E-state index in [4.69, 9.17) is 0 Å². The van der Waals surface area contributed by atoms with Crippen molar-refractivity contribution < 1.29 is 8.78 Å². The van der Waals surface area contributed by atoms with Crippen LogP contribution in [0.25, 0.3) is 10.1 Å². The first-order valence-corrected chi connectivity index (χ1v) is 5.85. The van der Waals surface area contributed by atoms with Crippen LogP contribution in [-0.4, -0.2) is 7.05 Å². The van der Waals surface area contributed by atoms with Gasteiger partial charge in [-0.15, -0.1) is 11.3 Å². The second-order valence-electron chi connectivity index (χ2n) is 3.87. The molecule has 0 aliphatic heterocycles. The molecule has 1 N–H and O–H groups in total. The predicted octanol–water partition coefficient (Wildman–Crippen LogP) is 4.15. The Morgan fingerprint density at radius 2 is 1.62 bits per heavy atom. The van der Waals surface area contributed by atoms with E-state index < -0.39 is 0 Å². The van der Waals surface area contributed by atoms with Crippen LogP contribution >= 0.6 is 11.3 Å². The summed E-state index contributed by atoms with van der Waals surface area (Å²) in [6.45, 7) is 5.15. The Hall–Kier alpha value is -1.16. The van der Waals surface area contributed by atoms with E-state index in [0.29, 0.717) is 21.5 Å². The summed E-state index contributed by atoms with van der Waals surface area (Å²) in [7, 11) is 1.67. The molecular formula is C12H13F2NS. The lowest BCUT2D eigenvalue weighted by molar-refractivity contribution is 0.615. The lowest BCUT2D eigenvalue weighted by atomic mass is 10.0. The SMILES string of the molecule is CNc1c(F)c(C)c2c(F)c(C)sc2c1C. The highest BCUT2D eigenvalue weighted by atomic mass is 32.1. The van der Waals surface area contributed by atoms with Crippen LogP contribution in [0.2, 0.25) is 0 Å². The first-order valence-electron chi connectivity index (χ1n) is 5.04. The maximum Gasteiger partial charge on any atom is 0.150 e. The van der Waals surface area contributed by atoms with Gasteiger partial charge in [0, 0.05) is 22.0 Å². The fourth-order valence-corrected chi connectivity index (χ4v) is 3.09. The minimum Gasteiger partial charge on any atom is -0.385 e. The van der Waals surface area contributed by atoms with Gasteiger partial charge in [-0.25, -0.2) is 8.78 Å². The maximum absolute atomic E-state index is 14.0. The van der Waals surface area contributed by atoms with Gasteiger partial charge in [-0.3, -0.25) is 0 Å². The predicted molar refractivity (Wildman–Crippen MR) is 65.5 cm³/mol. The van der Waals surface area contributed by atoms with Crippen LogP contribution in [0.1, 0.15) is 16.0 Å². The van der Waals surface area contributed by atoms with Crippen molar-refractivity contribution in [1.82, 2.24) is 0 Å². The standard InChI is InChI=1S/C12H13F2NS/c1-5-8-10(14)7(3)16-12(8)6(2)11(15-4)9(5)13/h15H,1-4H3. The van der Waals surface area contributed by atoms with E-state index in [1.807, 2.05) is 6.92 Å².